The molecular formula is C2H9KN2O. The van der Waals surface area contributed by atoms with E-state index in [1.54, 1.807) is 0 Å². The third-order valence-corrected chi connectivity index (χ3v) is 0.167. The number of hydrogen-bond donors (Lipinski definition) is 2. The van der Waals surface area contributed by atoms with Gasteiger partial charge in [0.2, 0.25) is 0 Å². The van der Waals surface area contributed by atoms with Crippen LogP contribution in [0.4, 0.5) is 0 Å². The molecule has 0 unspecified atom stereocenters. The summed E-state index contributed by atoms with van der Waals surface area (Å²) in [5, 5.41) is 0. The first-order valence-corrected chi connectivity index (χ1v) is 1.32. The van der Waals surface area contributed by atoms with E-state index in [4.69, 9.17) is 11.5 Å². The fourth-order valence-corrected chi connectivity index (χ4v) is 0. The molecule has 0 bridgehead atoms. The van der Waals surface area contributed by atoms with E-state index >= 15 is 0 Å². The van der Waals surface area contributed by atoms with Crippen molar-refractivity contribution in [3.63, 3.8) is 0 Å². The Morgan fingerprint density at radius 1 is 1.00 bits per heavy atom. The standard InChI is InChI=1S/C2H8N2.K.H2O/c3-1-2-4;;/h1-4H2;;1H2/q;+1;/p-1. The Labute approximate surface area is 80.2 Å². The molecule has 0 saturated heterocycles. The molecule has 0 fully saturated rings. The van der Waals surface area contributed by atoms with Crippen LogP contribution in [0.1, 0.15) is 0 Å². The van der Waals surface area contributed by atoms with Crippen molar-refractivity contribution in [1.82, 2.24) is 0 Å². The Morgan fingerprint density at radius 3 is 1.17 bits per heavy atom. The average molecular weight is 116 g/mol. The van der Waals surface area contributed by atoms with Gasteiger partial charge in [-0.1, -0.05) is 0 Å². The van der Waals surface area contributed by atoms with Crippen molar-refractivity contribution in [2.24, 2.45) is 11.5 Å². The number of hydrogen-bond acceptors (Lipinski definition) is 3. The first-order chi connectivity index (χ1) is 1.91. The molecule has 0 saturated carbocycles. The molecule has 0 aliphatic rings. The molecule has 0 amide bonds. The van der Waals surface area contributed by atoms with E-state index in [1.165, 1.54) is 0 Å². The maximum Gasteiger partial charge on any atom is 1.00 e. The molecule has 0 spiro atoms. The van der Waals surface area contributed by atoms with Gasteiger partial charge in [0, 0.05) is 13.1 Å². The molecule has 6 heavy (non-hydrogen) atoms. The van der Waals surface area contributed by atoms with Gasteiger partial charge in [0.15, 0.2) is 0 Å². The fraction of sp³-hybridized carbons (Fsp3) is 1.00. The van der Waals surface area contributed by atoms with E-state index in [1.807, 2.05) is 0 Å². The summed E-state index contributed by atoms with van der Waals surface area (Å²) in [6.07, 6.45) is 0. The summed E-state index contributed by atoms with van der Waals surface area (Å²) in [7, 11) is 0. The fourth-order valence-electron chi connectivity index (χ4n) is 0. The van der Waals surface area contributed by atoms with Gasteiger partial charge in [-0.25, -0.2) is 0 Å². The van der Waals surface area contributed by atoms with E-state index in [9.17, 15) is 0 Å². The quantitative estimate of drug-likeness (QED) is 0.340. The monoisotopic (exact) mass is 116 g/mol. The minimum Gasteiger partial charge on any atom is -0.870 e. The number of nitrogens with two attached hydrogens (primary N) is 2. The van der Waals surface area contributed by atoms with Crippen molar-refractivity contribution < 1.29 is 56.9 Å². The molecule has 0 aromatic rings. The predicted molar refractivity (Wildman–Crippen MR) is 20.0 cm³/mol. The van der Waals surface area contributed by atoms with Crippen LogP contribution >= 0.6 is 0 Å². The third-order valence-electron chi connectivity index (χ3n) is 0.167. The topological polar surface area (TPSA) is 82.0 Å². The van der Waals surface area contributed by atoms with Gasteiger partial charge in [0.25, 0.3) is 0 Å². The minimum absolute atomic E-state index is 0. The minimum atomic E-state index is 0. The normalized spacial score (nSPS) is 5.00. The van der Waals surface area contributed by atoms with Crippen molar-refractivity contribution in [3.05, 3.63) is 0 Å². The Morgan fingerprint density at radius 2 is 1.17 bits per heavy atom. The van der Waals surface area contributed by atoms with Gasteiger partial charge in [-0.2, -0.15) is 0 Å². The Kier molecular flexibility index (Phi) is 41.8. The molecule has 0 aliphatic heterocycles. The molecule has 0 aromatic heterocycles. The van der Waals surface area contributed by atoms with Crippen LogP contribution in [-0.4, -0.2) is 18.6 Å². The summed E-state index contributed by atoms with van der Waals surface area (Å²) >= 11 is 0. The smallest absolute Gasteiger partial charge is 0.870 e. The van der Waals surface area contributed by atoms with Crippen LogP contribution in [0.15, 0.2) is 0 Å². The first-order valence-electron chi connectivity index (χ1n) is 1.32. The molecule has 3 nitrogen and oxygen atoms in total. The van der Waals surface area contributed by atoms with E-state index in [0.717, 1.165) is 0 Å². The molecule has 0 heterocycles. The van der Waals surface area contributed by atoms with E-state index < -0.39 is 0 Å². The summed E-state index contributed by atoms with van der Waals surface area (Å²) < 4.78 is 0. The second-order valence-electron chi connectivity index (χ2n) is 0.577. The van der Waals surface area contributed by atoms with Crippen LogP contribution in [0.2, 0.25) is 0 Å². The largest absolute Gasteiger partial charge is 1.00 e. The predicted octanol–water partition coefficient (Wildman–Crippen LogP) is -4.27. The van der Waals surface area contributed by atoms with Crippen molar-refractivity contribution in [1.29, 1.82) is 0 Å². The van der Waals surface area contributed by atoms with E-state index in [2.05, 4.69) is 0 Å². The summed E-state index contributed by atoms with van der Waals surface area (Å²) in [6.45, 7) is 1.19. The first kappa shape index (κ1) is 15.6. The SMILES string of the molecule is NCCN.[K+].[OH-]. The van der Waals surface area contributed by atoms with Crippen molar-refractivity contribution >= 4 is 0 Å². The van der Waals surface area contributed by atoms with Crippen LogP contribution < -0.4 is 62.9 Å². The summed E-state index contributed by atoms with van der Waals surface area (Å²) in [5.74, 6) is 0. The van der Waals surface area contributed by atoms with E-state index in [0.29, 0.717) is 13.1 Å². The average Bonchev–Trinajstić information content (AvgIpc) is 1.37. The van der Waals surface area contributed by atoms with Gasteiger partial charge in [-0.05, 0) is 0 Å². The molecule has 5 N–H and O–H groups in total. The van der Waals surface area contributed by atoms with Gasteiger partial charge < -0.3 is 16.9 Å². The Bertz CT molecular complexity index is 13.5. The molecule has 0 rings (SSSR count). The molecule has 0 aromatic carbocycles. The molecular weight excluding hydrogens is 107 g/mol. The molecule has 4 heteroatoms. The zero-order chi connectivity index (χ0) is 3.41. The maximum atomic E-state index is 4.90. The van der Waals surface area contributed by atoms with Crippen LogP contribution in [-0.2, 0) is 0 Å². The summed E-state index contributed by atoms with van der Waals surface area (Å²) in [5.41, 5.74) is 9.81. The molecule has 0 aliphatic carbocycles. The van der Waals surface area contributed by atoms with E-state index in [-0.39, 0.29) is 56.9 Å². The van der Waals surface area contributed by atoms with Gasteiger partial charge in [0.05, 0.1) is 0 Å². The molecule has 34 valence electrons. The van der Waals surface area contributed by atoms with Gasteiger partial charge in [-0.3, -0.25) is 0 Å². The van der Waals surface area contributed by atoms with Crippen LogP contribution in [0.25, 0.3) is 0 Å². The summed E-state index contributed by atoms with van der Waals surface area (Å²) in [6, 6.07) is 0. The van der Waals surface area contributed by atoms with Crippen LogP contribution in [0.3, 0.4) is 0 Å². The molecule has 0 atom stereocenters. The zero-order valence-corrected chi connectivity index (χ0v) is 7.14. The van der Waals surface area contributed by atoms with Crippen LogP contribution in [0, 0.1) is 0 Å². The van der Waals surface area contributed by atoms with Gasteiger partial charge in [-0.15, -0.1) is 0 Å². The van der Waals surface area contributed by atoms with Crippen molar-refractivity contribution in [2.75, 3.05) is 13.1 Å². The Hall–Kier alpha value is 1.52. The molecule has 0 radical (unpaired) electrons. The van der Waals surface area contributed by atoms with Gasteiger partial charge >= 0.3 is 51.4 Å². The second kappa shape index (κ2) is 16.0. The second-order valence-corrected chi connectivity index (χ2v) is 0.577. The van der Waals surface area contributed by atoms with Crippen molar-refractivity contribution in [2.45, 2.75) is 0 Å². The van der Waals surface area contributed by atoms with Crippen LogP contribution in [0.5, 0.6) is 0 Å². The van der Waals surface area contributed by atoms with Crippen molar-refractivity contribution in [3.8, 4) is 0 Å². The third kappa shape index (κ3) is 17.8. The van der Waals surface area contributed by atoms with Gasteiger partial charge in [0.1, 0.15) is 0 Å². The number of rotatable bonds is 1. The summed E-state index contributed by atoms with van der Waals surface area (Å²) in [4.78, 5) is 0. The zero-order valence-electron chi connectivity index (χ0n) is 4.02. The Balaban J connectivity index is -0.0000000450. The maximum absolute atomic E-state index is 4.90.